The van der Waals surface area contributed by atoms with E-state index < -0.39 is 0 Å². The highest BCUT2D eigenvalue weighted by Gasteiger charge is 2.31. The lowest BCUT2D eigenvalue weighted by Gasteiger charge is -2.37. The maximum atomic E-state index is 13.2. The van der Waals surface area contributed by atoms with Gasteiger partial charge in [-0.15, -0.1) is 5.10 Å². The van der Waals surface area contributed by atoms with Crippen molar-refractivity contribution >= 4 is 11.7 Å². The molecule has 1 atom stereocenters. The summed E-state index contributed by atoms with van der Waals surface area (Å²) < 4.78 is 0. The summed E-state index contributed by atoms with van der Waals surface area (Å²) in [5.74, 6) is 1.22. The van der Waals surface area contributed by atoms with Gasteiger partial charge < -0.3 is 9.80 Å². The quantitative estimate of drug-likeness (QED) is 0.802. The number of carbonyl (C=O) groups excluding carboxylic acids is 1. The molecule has 1 unspecified atom stereocenters. The van der Waals surface area contributed by atoms with E-state index in [0.29, 0.717) is 5.91 Å². The molecule has 4 rings (SSSR count). The maximum absolute atomic E-state index is 13.2. The smallest absolute Gasteiger partial charge is 0.227 e. The van der Waals surface area contributed by atoms with Crippen molar-refractivity contribution in [1.82, 2.24) is 15.1 Å². The molecule has 5 heteroatoms. The van der Waals surface area contributed by atoms with Gasteiger partial charge in [0.15, 0.2) is 5.82 Å². The molecule has 0 spiro atoms. The molecule has 2 aromatic rings. The molecule has 1 saturated heterocycles. The van der Waals surface area contributed by atoms with Crippen LogP contribution in [0.25, 0.3) is 0 Å². The molecule has 1 amide bonds. The number of amides is 1. The molecule has 5 nitrogen and oxygen atoms in total. The highest BCUT2D eigenvalue weighted by Crippen LogP contribution is 2.27. The SMILES string of the molecule is CC(C)(C)c1ccc(N2CCCC(C(=O)N3CCc4ccccc4C3)C2)nn1. The van der Waals surface area contributed by atoms with Crippen LogP contribution in [-0.2, 0) is 23.2 Å². The van der Waals surface area contributed by atoms with Crippen LogP contribution in [0.2, 0.25) is 0 Å². The summed E-state index contributed by atoms with van der Waals surface area (Å²) in [4.78, 5) is 17.5. The first kappa shape index (κ1) is 18.9. The predicted molar refractivity (Wildman–Crippen MR) is 111 cm³/mol. The Kier molecular flexibility index (Phi) is 5.09. The highest BCUT2D eigenvalue weighted by atomic mass is 16.2. The third-order valence-corrected chi connectivity index (χ3v) is 5.96. The lowest BCUT2D eigenvalue weighted by Crippen LogP contribution is -2.46. The van der Waals surface area contributed by atoms with Crippen molar-refractivity contribution in [2.75, 3.05) is 24.5 Å². The van der Waals surface area contributed by atoms with Gasteiger partial charge in [0.2, 0.25) is 5.91 Å². The molecule has 148 valence electrons. The van der Waals surface area contributed by atoms with Crippen molar-refractivity contribution in [2.24, 2.45) is 5.92 Å². The summed E-state index contributed by atoms with van der Waals surface area (Å²) >= 11 is 0. The minimum absolute atomic E-state index is 0.00349. The number of hydrogen-bond acceptors (Lipinski definition) is 4. The first-order valence-corrected chi connectivity index (χ1v) is 10.4. The van der Waals surface area contributed by atoms with Crippen molar-refractivity contribution in [3.63, 3.8) is 0 Å². The number of aromatic nitrogens is 2. The van der Waals surface area contributed by atoms with Crippen LogP contribution in [0.5, 0.6) is 0 Å². The largest absolute Gasteiger partial charge is 0.354 e. The fourth-order valence-corrected chi connectivity index (χ4v) is 4.22. The second kappa shape index (κ2) is 7.53. The van der Waals surface area contributed by atoms with E-state index >= 15 is 0 Å². The summed E-state index contributed by atoms with van der Waals surface area (Å²) in [5, 5.41) is 8.88. The number of anilines is 1. The Balaban J connectivity index is 1.43. The molecule has 0 radical (unpaired) electrons. The molecule has 28 heavy (non-hydrogen) atoms. The third kappa shape index (κ3) is 3.89. The second-order valence-corrected chi connectivity index (χ2v) is 9.09. The zero-order chi connectivity index (χ0) is 19.7. The fourth-order valence-electron chi connectivity index (χ4n) is 4.22. The van der Waals surface area contributed by atoms with E-state index in [1.807, 2.05) is 4.90 Å². The zero-order valence-electron chi connectivity index (χ0n) is 17.2. The lowest BCUT2D eigenvalue weighted by atomic mass is 9.92. The van der Waals surface area contributed by atoms with E-state index in [-0.39, 0.29) is 11.3 Å². The van der Waals surface area contributed by atoms with Gasteiger partial charge in [0.05, 0.1) is 11.6 Å². The van der Waals surface area contributed by atoms with Gasteiger partial charge in [-0.1, -0.05) is 45.0 Å². The van der Waals surface area contributed by atoms with Crippen LogP contribution in [0, 0.1) is 5.92 Å². The molecule has 2 aliphatic rings. The van der Waals surface area contributed by atoms with Gasteiger partial charge in [0.25, 0.3) is 0 Å². The van der Waals surface area contributed by atoms with Gasteiger partial charge in [0.1, 0.15) is 0 Å². The van der Waals surface area contributed by atoms with Gasteiger partial charge in [-0.3, -0.25) is 4.79 Å². The molecule has 1 aromatic heterocycles. The van der Waals surface area contributed by atoms with Gasteiger partial charge in [-0.25, -0.2) is 0 Å². The number of benzene rings is 1. The number of hydrogen-bond donors (Lipinski definition) is 0. The molecule has 1 aromatic carbocycles. The van der Waals surface area contributed by atoms with Gasteiger partial charge >= 0.3 is 0 Å². The Labute approximate surface area is 167 Å². The number of rotatable bonds is 2. The Hall–Kier alpha value is -2.43. The predicted octanol–water partition coefficient (Wildman–Crippen LogP) is 3.58. The van der Waals surface area contributed by atoms with E-state index in [1.54, 1.807) is 0 Å². The van der Waals surface area contributed by atoms with Crippen molar-refractivity contribution in [3.05, 3.63) is 53.2 Å². The Morgan fingerprint density at radius 2 is 1.82 bits per heavy atom. The van der Waals surface area contributed by atoms with Crippen molar-refractivity contribution < 1.29 is 4.79 Å². The Bertz CT molecular complexity index is 840. The highest BCUT2D eigenvalue weighted by molar-refractivity contribution is 5.80. The minimum Gasteiger partial charge on any atom is -0.354 e. The average Bonchev–Trinajstić information content (AvgIpc) is 2.72. The Morgan fingerprint density at radius 3 is 2.54 bits per heavy atom. The normalized spacial score (nSPS) is 20.0. The maximum Gasteiger partial charge on any atom is 0.227 e. The van der Waals surface area contributed by atoms with Crippen LogP contribution < -0.4 is 4.90 Å². The summed E-state index contributed by atoms with van der Waals surface area (Å²) in [5.41, 5.74) is 3.66. The standard InChI is InChI=1S/C23H30N4O/c1-23(2,3)20-10-11-21(25-24-20)26-13-6-9-19(16-26)22(28)27-14-12-17-7-4-5-8-18(17)15-27/h4-5,7-8,10-11,19H,6,9,12-16H2,1-3H3. The summed E-state index contributed by atoms with van der Waals surface area (Å²) in [6, 6.07) is 12.6. The van der Waals surface area contributed by atoms with Gasteiger partial charge in [-0.2, -0.15) is 5.10 Å². The molecular formula is C23H30N4O. The first-order valence-electron chi connectivity index (χ1n) is 10.4. The van der Waals surface area contributed by atoms with Crippen LogP contribution in [0.3, 0.4) is 0 Å². The molecule has 0 aliphatic carbocycles. The summed E-state index contributed by atoms with van der Waals surface area (Å²) in [6.45, 7) is 9.67. The van der Waals surface area contributed by atoms with E-state index in [9.17, 15) is 4.79 Å². The lowest BCUT2D eigenvalue weighted by molar-refractivity contribution is -0.136. The average molecular weight is 379 g/mol. The number of piperidine rings is 1. The van der Waals surface area contributed by atoms with E-state index in [2.05, 4.69) is 72.3 Å². The number of nitrogens with zero attached hydrogens (tertiary/aromatic N) is 4. The topological polar surface area (TPSA) is 49.3 Å². The van der Waals surface area contributed by atoms with Crippen LogP contribution in [-0.4, -0.2) is 40.6 Å². The number of carbonyl (C=O) groups is 1. The van der Waals surface area contributed by atoms with Gasteiger partial charge in [0, 0.05) is 31.6 Å². The van der Waals surface area contributed by atoms with Crippen LogP contribution >= 0.6 is 0 Å². The molecule has 0 saturated carbocycles. The minimum atomic E-state index is -0.00349. The molecular weight excluding hydrogens is 348 g/mol. The zero-order valence-corrected chi connectivity index (χ0v) is 17.2. The van der Waals surface area contributed by atoms with E-state index in [0.717, 1.165) is 57.0 Å². The van der Waals surface area contributed by atoms with Gasteiger partial charge in [-0.05, 0) is 42.5 Å². The fraction of sp³-hybridized carbons (Fsp3) is 0.522. The molecule has 0 N–H and O–H groups in total. The summed E-state index contributed by atoms with van der Waals surface area (Å²) in [7, 11) is 0. The molecule has 3 heterocycles. The molecule has 0 bridgehead atoms. The van der Waals surface area contributed by atoms with Crippen molar-refractivity contribution in [3.8, 4) is 0 Å². The van der Waals surface area contributed by atoms with E-state index in [1.165, 1.54) is 11.1 Å². The third-order valence-electron chi connectivity index (χ3n) is 5.96. The van der Waals surface area contributed by atoms with E-state index in [4.69, 9.17) is 0 Å². The summed E-state index contributed by atoms with van der Waals surface area (Å²) in [6.07, 6.45) is 2.93. The first-order chi connectivity index (χ1) is 13.4. The second-order valence-electron chi connectivity index (χ2n) is 9.09. The number of fused-ring (bicyclic) bond motifs is 1. The van der Waals surface area contributed by atoms with Crippen molar-refractivity contribution in [2.45, 2.75) is 52.0 Å². The van der Waals surface area contributed by atoms with Crippen LogP contribution in [0.1, 0.15) is 50.4 Å². The van der Waals surface area contributed by atoms with Crippen LogP contribution in [0.4, 0.5) is 5.82 Å². The van der Waals surface area contributed by atoms with Crippen molar-refractivity contribution in [1.29, 1.82) is 0 Å². The molecule has 2 aliphatic heterocycles. The van der Waals surface area contributed by atoms with Crippen LogP contribution in [0.15, 0.2) is 36.4 Å². The Morgan fingerprint density at radius 1 is 1.04 bits per heavy atom. The monoisotopic (exact) mass is 378 g/mol. The molecule has 1 fully saturated rings.